The van der Waals surface area contributed by atoms with E-state index in [1.165, 1.54) is 12.8 Å². The Balaban J connectivity index is 1.72. The molecule has 4 nitrogen and oxygen atoms in total. The Bertz CT molecular complexity index is 510. The summed E-state index contributed by atoms with van der Waals surface area (Å²) in [4.78, 5) is 0. The third-order valence-electron chi connectivity index (χ3n) is 3.34. The zero-order chi connectivity index (χ0) is 13.7. The van der Waals surface area contributed by atoms with Gasteiger partial charge in [0.05, 0.1) is 5.75 Å². The van der Waals surface area contributed by atoms with Crippen LogP contribution in [0.1, 0.15) is 30.4 Å². The van der Waals surface area contributed by atoms with Gasteiger partial charge in [0.15, 0.2) is 0 Å². The molecule has 0 bridgehead atoms. The molecule has 1 aliphatic rings. The van der Waals surface area contributed by atoms with E-state index in [1.807, 2.05) is 31.2 Å². The highest BCUT2D eigenvalue weighted by Crippen LogP contribution is 2.18. The maximum atomic E-state index is 11.8. The Morgan fingerprint density at radius 2 is 2.00 bits per heavy atom. The molecule has 19 heavy (non-hydrogen) atoms. The summed E-state index contributed by atoms with van der Waals surface area (Å²) in [5, 5.41) is 3.32. The van der Waals surface area contributed by atoms with E-state index in [-0.39, 0.29) is 5.75 Å². The van der Waals surface area contributed by atoms with Crippen LogP contribution in [0.25, 0.3) is 0 Å². The average molecular weight is 282 g/mol. The van der Waals surface area contributed by atoms with Gasteiger partial charge in [-0.05, 0) is 43.9 Å². The largest absolute Gasteiger partial charge is 0.314 e. The molecule has 1 fully saturated rings. The van der Waals surface area contributed by atoms with Gasteiger partial charge in [-0.25, -0.2) is 13.1 Å². The molecule has 0 atom stereocenters. The van der Waals surface area contributed by atoms with Crippen LogP contribution in [0.5, 0.6) is 0 Å². The molecule has 0 heterocycles. The molecule has 0 spiro atoms. The summed E-state index contributed by atoms with van der Waals surface area (Å²) in [7, 11) is -3.16. The Hall–Kier alpha value is -0.910. The predicted molar refractivity (Wildman–Crippen MR) is 77.4 cm³/mol. The normalized spacial score (nSPS) is 15.6. The van der Waals surface area contributed by atoms with Crippen LogP contribution in [0.15, 0.2) is 24.3 Å². The van der Waals surface area contributed by atoms with E-state index in [1.54, 1.807) is 0 Å². The lowest BCUT2D eigenvalue weighted by Gasteiger charge is -2.09. The highest BCUT2D eigenvalue weighted by molar-refractivity contribution is 7.89. The Kier molecular flexibility index (Phi) is 4.96. The van der Waals surface area contributed by atoms with Crippen molar-refractivity contribution in [3.8, 4) is 0 Å². The number of sulfonamides is 1. The van der Waals surface area contributed by atoms with Crippen LogP contribution in [0.2, 0.25) is 0 Å². The Labute approximate surface area is 115 Å². The SMILES string of the molecule is Cc1ccccc1CNS(=O)(=O)CCCNC1CC1. The first-order chi connectivity index (χ1) is 9.07. The second kappa shape index (κ2) is 6.50. The molecule has 1 aliphatic carbocycles. The first kappa shape index (κ1) is 14.5. The second-order valence-electron chi connectivity index (χ2n) is 5.15. The lowest BCUT2D eigenvalue weighted by molar-refractivity contribution is 0.574. The average Bonchev–Trinajstić information content (AvgIpc) is 3.18. The molecule has 0 saturated heterocycles. The second-order valence-corrected chi connectivity index (χ2v) is 7.07. The fraction of sp³-hybridized carbons (Fsp3) is 0.571. The number of aryl methyl sites for hydroxylation is 1. The molecule has 2 N–H and O–H groups in total. The summed E-state index contributed by atoms with van der Waals surface area (Å²) in [5.41, 5.74) is 2.14. The van der Waals surface area contributed by atoms with Crippen molar-refractivity contribution in [1.29, 1.82) is 0 Å². The molecule has 1 aromatic carbocycles. The Morgan fingerprint density at radius 1 is 1.26 bits per heavy atom. The highest BCUT2D eigenvalue weighted by Gasteiger charge is 2.20. The topological polar surface area (TPSA) is 58.2 Å². The molecule has 0 aliphatic heterocycles. The summed E-state index contributed by atoms with van der Waals surface area (Å²) in [6, 6.07) is 8.46. The fourth-order valence-electron chi connectivity index (χ4n) is 1.92. The van der Waals surface area contributed by atoms with Crippen molar-refractivity contribution in [2.75, 3.05) is 12.3 Å². The molecular weight excluding hydrogens is 260 g/mol. The van der Waals surface area contributed by atoms with Crippen molar-refractivity contribution in [3.05, 3.63) is 35.4 Å². The fourth-order valence-corrected chi connectivity index (χ4v) is 2.97. The zero-order valence-electron chi connectivity index (χ0n) is 11.4. The standard InChI is InChI=1S/C14H22N2O2S/c1-12-5-2-3-6-13(12)11-16-19(17,18)10-4-9-15-14-7-8-14/h2-3,5-6,14-16H,4,7-11H2,1H3. The third-order valence-corrected chi connectivity index (χ3v) is 4.75. The van der Waals surface area contributed by atoms with Crippen molar-refractivity contribution in [2.24, 2.45) is 0 Å². The van der Waals surface area contributed by atoms with Gasteiger partial charge in [0, 0.05) is 12.6 Å². The van der Waals surface area contributed by atoms with E-state index in [4.69, 9.17) is 0 Å². The van der Waals surface area contributed by atoms with Gasteiger partial charge in [-0.15, -0.1) is 0 Å². The van der Waals surface area contributed by atoms with E-state index in [2.05, 4.69) is 10.0 Å². The van der Waals surface area contributed by atoms with Crippen molar-refractivity contribution >= 4 is 10.0 Å². The van der Waals surface area contributed by atoms with Gasteiger partial charge in [0.25, 0.3) is 0 Å². The molecule has 0 amide bonds. The van der Waals surface area contributed by atoms with Crippen LogP contribution in [-0.4, -0.2) is 26.8 Å². The molecular formula is C14H22N2O2S. The van der Waals surface area contributed by atoms with Crippen molar-refractivity contribution in [1.82, 2.24) is 10.0 Å². The van der Waals surface area contributed by atoms with Crippen LogP contribution >= 0.6 is 0 Å². The van der Waals surface area contributed by atoms with Crippen molar-refractivity contribution < 1.29 is 8.42 Å². The monoisotopic (exact) mass is 282 g/mol. The van der Waals surface area contributed by atoms with Crippen molar-refractivity contribution in [3.63, 3.8) is 0 Å². The minimum atomic E-state index is -3.16. The van der Waals surface area contributed by atoms with E-state index in [9.17, 15) is 8.42 Å². The highest BCUT2D eigenvalue weighted by atomic mass is 32.2. The summed E-state index contributed by atoms with van der Waals surface area (Å²) in [6.45, 7) is 3.16. The van der Waals surface area contributed by atoms with Gasteiger partial charge in [0.2, 0.25) is 10.0 Å². The van der Waals surface area contributed by atoms with E-state index < -0.39 is 10.0 Å². The lowest BCUT2D eigenvalue weighted by atomic mass is 10.1. The maximum Gasteiger partial charge on any atom is 0.211 e. The number of rotatable bonds is 8. The lowest BCUT2D eigenvalue weighted by Crippen LogP contribution is -2.28. The van der Waals surface area contributed by atoms with Crippen LogP contribution in [0.4, 0.5) is 0 Å². The van der Waals surface area contributed by atoms with Gasteiger partial charge in [-0.3, -0.25) is 0 Å². The number of benzene rings is 1. The third kappa shape index (κ3) is 5.30. The van der Waals surface area contributed by atoms with Crippen LogP contribution in [0, 0.1) is 6.92 Å². The molecule has 2 rings (SSSR count). The molecule has 0 aromatic heterocycles. The molecule has 1 aromatic rings. The quantitative estimate of drug-likeness (QED) is 0.711. The van der Waals surface area contributed by atoms with Gasteiger partial charge in [0.1, 0.15) is 0 Å². The van der Waals surface area contributed by atoms with E-state index in [0.29, 0.717) is 19.0 Å². The van der Waals surface area contributed by atoms with E-state index in [0.717, 1.165) is 17.7 Å². The summed E-state index contributed by atoms with van der Waals surface area (Å²) < 4.78 is 26.3. The first-order valence-corrected chi connectivity index (χ1v) is 8.47. The molecule has 106 valence electrons. The summed E-state index contributed by atoms with van der Waals surface area (Å²) in [5.74, 6) is 0.193. The number of hydrogen-bond donors (Lipinski definition) is 2. The minimum absolute atomic E-state index is 0.193. The van der Waals surface area contributed by atoms with Crippen LogP contribution < -0.4 is 10.0 Å². The summed E-state index contributed by atoms with van der Waals surface area (Å²) >= 11 is 0. The van der Waals surface area contributed by atoms with E-state index >= 15 is 0 Å². The molecule has 5 heteroatoms. The Morgan fingerprint density at radius 3 is 2.68 bits per heavy atom. The van der Waals surface area contributed by atoms with Gasteiger partial charge in [-0.2, -0.15) is 0 Å². The van der Waals surface area contributed by atoms with Crippen molar-refractivity contribution in [2.45, 2.75) is 38.8 Å². The predicted octanol–water partition coefficient (Wildman–Crippen LogP) is 1.56. The smallest absolute Gasteiger partial charge is 0.211 e. The summed E-state index contributed by atoms with van der Waals surface area (Å²) in [6.07, 6.45) is 3.14. The van der Waals surface area contributed by atoms with Gasteiger partial charge in [-0.1, -0.05) is 24.3 Å². The first-order valence-electron chi connectivity index (χ1n) is 6.82. The number of hydrogen-bond acceptors (Lipinski definition) is 3. The molecule has 1 saturated carbocycles. The van der Waals surface area contributed by atoms with Crippen LogP contribution in [-0.2, 0) is 16.6 Å². The van der Waals surface area contributed by atoms with Crippen LogP contribution in [0.3, 0.4) is 0 Å². The molecule has 0 unspecified atom stereocenters. The molecule has 0 radical (unpaired) electrons. The zero-order valence-corrected chi connectivity index (χ0v) is 12.2. The minimum Gasteiger partial charge on any atom is -0.314 e. The van der Waals surface area contributed by atoms with Gasteiger partial charge >= 0.3 is 0 Å². The number of nitrogens with one attached hydrogen (secondary N) is 2. The maximum absolute atomic E-state index is 11.8. The van der Waals surface area contributed by atoms with Gasteiger partial charge < -0.3 is 5.32 Å².